The predicted octanol–water partition coefficient (Wildman–Crippen LogP) is 3.33. The molecule has 1 aromatic heterocycles. The lowest BCUT2D eigenvalue weighted by atomic mass is 9.83. The van der Waals surface area contributed by atoms with E-state index in [4.69, 9.17) is 15.5 Å². The molecule has 1 aliphatic carbocycles. The quantitative estimate of drug-likeness (QED) is 0.386. The Morgan fingerprint density at radius 1 is 1.32 bits per heavy atom. The van der Waals surface area contributed by atoms with Crippen LogP contribution in [0.2, 0.25) is 0 Å². The van der Waals surface area contributed by atoms with E-state index in [1.54, 1.807) is 18.4 Å². The maximum absolute atomic E-state index is 6.32. The van der Waals surface area contributed by atoms with Crippen LogP contribution >= 0.6 is 35.3 Å². The molecule has 1 unspecified atom stereocenters. The molecule has 8 heteroatoms. The fraction of sp³-hybridized carbons (Fsp3) is 0.500. The van der Waals surface area contributed by atoms with E-state index in [9.17, 15) is 0 Å². The Morgan fingerprint density at radius 2 is 2.14 bits per heavy atom. The lowest BCUT2D eigenvalue weighted by molar-refractivity contribution is 0.379. The molecule has 4 rings (SSSR count). The van der Waals surface area contributed by atoms with Gasteiger partial charge in [-0.25, -0.2) is 4.98 Å². The van der Waals surface area contributed by atoms with Gasteiger partial charge in [0.25, 0.3) is 0 Å². The van der Waals surface area contributed by atoms with Crippen LogP contribution in [0.3, 0.4) is 0 Å². The van der Waals surface area contributed by atoms with Crippen LogP contribution in [0.25, 0.3) is 0 Å². The normalized spacial score (nSPS) is 19.8. The number of halogens is 1. The third kappa shape index (κ3) is 4.71. The van der Waals surface area contributed by atoms with Crippen molar-refractivity contribution >= 4 is 46.4 Å². The topological polar surface area (TPSA) is 67.0 Å². The van der Waals surface area contributed by atoms with Crippen LogP contribution in [-0.4, -0.2) is 55.7 Å². The second kappa shape index (κ2) is 9.78. The van der Waals surface area contributed by atoms with Crippen molar-refractivity contribution in [1.29, 1.82) is 0 Å². The van der Waals surface area contributed by atoms with Crippen molar-refractivity contribution < 1.29 is 4.74 Å². The molecular weight excluding hydrogens is 485 g/mol. The molecule has 2 N–H and O–H groups in total. The van der Waals surface area contributed by atoms with Crippen molar-refractivity contribution in [3.8, 4) is 5.75 Å². The number of aromatic nitrogens is 1. The molecule has 1 aromatic carbocycles. The van der Waals surface area contributed by atoms with Gasteiger partial charge in [-0.15, -0.1) is 35.3 Å². The highest BCUT2D eigenvalue weighted by Crippen LogP contribution is 2.34. The van der Waals surface area contributed by atoms with Gasteiger partial charge in [0.1, 0.15) is 5.75 Å². The maximum Gasteiger partial charge on any atom is 0.191 e. The molecule has 152 valence electrons. The van der Waals surface area contributed by atoms with Crippen LogP contribution in [0.1, 0.15) is 29.9 Å². The molecule has 2 aliphatic rings. The highest BCUT2D eigenvalue weighted by atomic mass is 127. The van der Waals surface area contributed by atoms with Crippen LogP contribution in [-0.2, 0) is 6.42 Å². The van der Waals surface area contributed by atoms with Gasteiger partial charge in [-0.05, 0) is 42.5 Å². The van der Waals surface area contributed by atoms with E-state index in [1.807, 2.05) is 11.6 Å². The van der Waals surface area contributed by atoms with Crippen LogP contribution in [0, 0.1) is 0 Å². The highest BCUT2D eigenvalue weighted by Gasteiger charge is 2.22. The molecular formula is C20H28IN5OS. The van der Waals surface area contributed by atoms with Gasteiger partial charge in [0.2, 0.25) is 0 Å². The van der Waals surface area contributed by atoms with E-state index in [0.717, 1.165) is 50.0 Å². The first-order valence-corrected chi connectivity index (χ1v) is 10.5. The number of thiazole rings is 1. The summed E-state index contributed by atoms with van der Waals surface area (Å²) < 4.78 is 5.37. The fourth-order valence-corrected chi connectivity index (χ4v) is 4.71. The Hall–Kier alpha value is -1.55. The van der Waals surface area contributed by atoms with Crippen molar-refractivity contribution in [2.24, 2.45) is 10.7 Å². The van der Waals surface area contributed by atoms with Crippen molar-refractivity contribution in [1.82, 2.24) is 9.88 Å². The first-order valence-electron chi connectivity index (χ1n) is 9.60. The van der Waals surface area contributed by atoms with Crippen molar-refractivity contribution in [2.75, 3.05) is 44.7 Å². The molecule has 1 saturated heterocycles. The third-order valence-corrected chi connectivity index (χ3v) is 6.39. The number of hydrogen-bond acceptors (Lipinski definition) is 5. The molecule has 0 bridgehead atoms. The van der Waals surface area contributed by atoms with Crippen LogP contribution in [0.5, 0.6) is 5.75 Å². The number of fused-ring (bicyclic) bond motifs is 1. The average Bonchev–Trinajstić information content (AvgIpc) is 3.26. The van der Waals surface area contributed by atoms with Gasteiger partial charge in [0.15, 0.2) is 11.1 Å². The van der Waals surface area contributed by atoms with Crippen molar-refractivity contribution in [3.63, 3.8) is 0 Å². The molecule has 1 aliphatic heterocycles. The minimum absolute atomic E-state index is 0. The Balaban J connectivity index is 0.00000225. The number of ether oxygens (including phenoxy) is 1. The summed E-state index contributed by atoms with van der Waals surface area (Å²) >= 11 is 1.69. The number of anilines is 1. The van der Waals surface area contributed by atoms with Crippen molar-refractivity contribution in [3.05, 3.63) is 40.9 Å². The first kappa shape index (κ1) is 21.2. The van der Waals surface area contributed by atoms with Gasteiger partial charge in [-0.3, -0.25) is 4.99 Å². The summed E-state index contributed by atoms with van der Waals surface area (Å²) in [7, 11) is 1.72. The Morgan fingerprint density at radius 3 is 2.86 bits per heavy atom. The standard InChI is InChI=1S/C20H27N5OS.HI/c1-26-17-5-6-18-15(13-17)3-2-4-16(18)14-23-19(21)24-8-10-25(11-9-24)20-22-7-12-27-20;/h5-7,12-13,16H,2-4,8-11,14H2,1H3,(H2,21,23);1H. The van der Waals surface area contributed by atoms with E-state index < -0.39 is 0 Å². The minimum Gasteiger partial charge on any atom is -0.497 e. The molecule has 0 radical (unpaired) electrons. The zero-order valence-corrected chi connectivity index (χ0v) is 19.4. The van der Waals surface area contributed by atoms with Gasteiger partial charge < -0.3 is 20.3 Å². The highest BCUT2D eigenvalue weighted by molar-refractivity contribution is 14.0. The fourth-order valence-electron chi connectivity index (χ4n) is 4.01. The number of hydrogen-bond donors (Lipinski definition) is 1. The minimum atomic E-state index is 0. The van der Waals surface area contributed by atoms with E-state index in [-0.39, 0.29) is 24.0 Å². The lowest BCUT2D eigenvalue weighted by Gasteiger charge is -2.35. The Labute approximate surface area is 187 Å². The summed E-state index contributed by atoms with van der Waals surface area (Å²) in [5, 5.41) is 3.12. The van der Waals surface area contributed by atoms with E-state index in [1.165, 1.54) is 24.0 Å². The first-order chi connectivity index (χ1) is 13.2. The summed E-state index contributed by atoms with van der Waals surface area (Å²) in [5.74, 6) is 2.07. The number of piperazine rings is 1. The molecule has 28 heavy (non-hydrogen) atoms. The van der Waals surface area contributed by atoms with Crippen LogP contribution < -0.4 is 15.4 Å². The maximum atomic E-state index is 6.32. The number of rotatable bonds is 4. The predicted molar refractivity (Wildman–Crippen MR) is 126 cm³/mol. The molecule has 1 fully saturated rings. The van der Waals surface area contributed by atoms with Crippen LogP contribution in [0.15, 0.2) is 34.8 Å². The summed E-state index contributed by atoms with van der Waals surface area (Å²) in [4.78, 5) is 13.7. The molecule has 2 aromatic rings. The number of aryl methyl sites for hydroxylation is 1. The number of guanidine groups is 1. The largest absolute Gasteiger partial charge is 0.497 e. The van der Waals surface area contributed by atoms with Gasteiger partial charge >= 0.3 is 0 Å². The van der Waals surface area contributed by atoms with Gasteiger partial charge in [-0.2, -0.15) is 0 Å². The van der Waals surface area contributed by atoms with Gasteiger partial charge in [0.05, 0.1) is 7.11 Å². The van der Waals surface area contributed by atoms with E-state index >= 15 is 0 Å². The third-order valence-electron chi connectivity index (χ3n) is 5.56. The summed E-state index contributed by atoms with van der Waals surface area (Å²) in [5.41, 5.74) is 9.13. The number of benzene rings is 1. The van der Waals surface area contributed by atoms with Gasteiger partial charge in [-0.1, -0.05) is 6.07 Å². The number of aliphatic imine (C=N–C) groups is 1. The number of nitrogens with zero attached hydrogens (tertiary/aromatic N) is 4. The molecule has 0 spiro atoms. The van der Waals surface area contributed by atoms with Crippen molar-refractivity contribution in [2.45, 2.75) is 25.2 Å². The molecule has 0 saturated carbocycles. The zero-order chi connectivity index (χ0) is 18.6. The molecule has 0 amide bonds. The zero-order valence-electron chi connectivity index (χ0n) is 16.2. The molecule has 6 nitrogen and oxygen atoms in total. The van der Waals surface area contributed by atoms with Crippen LogP contribution in [0.4, 0.5) is 5.13 Å². The molecule has 2 heterocycles. The van der Waals surface area contributed by atoms with E-state index in [2.05, 4.69) is 33.0 Å². The lowest BCUT2D eigenvalue weighted by Crippen LogP contribution is -2.51. The Bertz CT molecular complexity index is 790. The van der Waals surface area contributed by atoms with E-state index in [0.29, 0.717) is 11.9 Å². The second-order valence-electron chi connectivity index (χ2n) is 7.14. The SMILES string of the molecule is COc1ccc2c(c1)CCCC2CN=C(N)N1CCN(c2nccs2)CC1.I. The van der Waals surface area contributed by atoms with Gasteiger partial charge in [0, 0.05) is 50.2 Å². The summed E-state index contributed by atoms with van der Waals surface area (Å²) in [6.45, 7) is 4.43. The number of nitrogens with two attached hydrogens (primary N) is 1. The summed E-state index contributed by atoms with van der Waals surface area (Å²) in [6, 6.07) is 6.44. The molecule has 1 atom stereocenters. The Kier molecular flexibility index (Phi) is 7.39. The average molecular weight is 513 g/mol. The smallest absolute Gasteiger partial charge is 0.191 e. The summed E-state index contributed by atoms with van der Waals surface area (Å²) in [6.07, 6.45) is 5.36. The monoisotopic (exact) mass is 513 g/mol. The number of methoxy groups -OCH3 is 1. The second-order valence-corrected chi connectivity index (χ2v) is 8.01.